The summed E-state index contributed by atoms with van der Waals surface area (Å²) < 4.78 is 0. The van der Waals surface area contributed by atoms with E-state index in [0.29, 0.717) is 0 Å². The number of nitrogens with two attached hydrogens (primary N) is 1. The van der Waals surface area contributed by atoms with Crippen molar-refractivity contribution in [3.8, 4) is 0 Å². The van der Waals surface area contributed by atoms with Crippen molar-refractivity contribution in [2.75, 3.05) is 5.75 Å². The monoisotopic (exact) mass is 478 g/mol. The molecule has 4 atom stereocenters. The molecule has 0 saturated carbocycles. The van der Waals surface area contributed by atoms with Gasteiger partial charge in [0.15, 0.2) is 0 Å². The van der Waals surface area contributed by atoms with Crippen LogP contribution in [-0.2, 0) is 28.8 Å². The minimum Gasteiger partial charge on any atom is -0.481 e. The molecular formula is C18H30N4O9S. The highest BCUT2D eigenvalue weighted by molar-refractivity contribution is 7.80. The Morgan fingerprint density at radius 1 is 0.781 bits per heavy atom. The molecular weight excluding hydrogens is 448 g/mol. The fraction of sp³-hybridized carbons (Fsp3) is 0.667. The van der Waals surface area contributed by atoms with Crippen LogP contribution in [0.3, 0.4) is 0 Å². The summed E-state index contributed by atoms with van der Waals surface area (Å²) in [7, 11) is 0. The summed E-state index contributed by atoms with van der Waals surface area (Å²) in [5, 5.41) is 33.5. The minimum absolute atomic E-state index is 0.147. The van der Waals surface area contributed by atoms with E-state index in [-0.39, 0.29) is 25.0 Å². The molecule has 0 aliphatic heterocycles. The quantitative estimate of drug-likeness (QED) is 0.123. The number of rotatable bonds is 15. The van der Waals surface area contributed by atoms with Gasteiger partial charge in [-0.05, 0) is 18.8 Å². The molecule has 13 nitrogen and oxygen atoms in total. The van der Waals surface area contributed by atoms with Crippen LogP contribution in [0.15, 0.2) is 0 Å². The number of carboxylic acid groups (broad SMARTS) is 3. The summed E-state index contributed by atoms with van der Waals surface area (Å²) in [6.45, 7) is 3.18. The van der Waals surface area contributed by atoms with Crippen molar-refractivity contribution in [2.24, 2.45) is 11.7 Å². The molecule has 182 valence electrons. The number of thiol groups is 1. The molecule has 0 spiro atoms. The van der Waals surface area contributed by atoms with E-state index in [1.807, 2.05) is 0 Å². The molecule has 3 amide bonds. The van der Waals surface area contributed by atoms with Crippen molar-refractivity contribution < 1.29 is 44.1 Å². The van der Waals surface area contributed by atoms with Crippen LogP contribution in [0.1, 0.15) is 39.5 Å². The maximum absolute atomic E-state index is 12.6. The molecule has 0 aliphatic rings. The first-order chi connectivity index (χ1) is 14.8. The first kappa shape index (κ1) is 29.1. The molecule has 0 aliphatic carbocycles. The molecule has 0 radical (unpaired) electrons. The van der Waals surface area contributed by atoms with Crippen molar-refractivity contribution in [1.82, 2.24) is 16.0 Å². The highest BCUT2D eigenvalue weighted by Gasteiger charge is 2.31. The Hall–Kier alpha value is -2.87. The number of hydrogen-bond donors (Lipinski definition) is 8. The number of carbonyl (C=O) groups excluding carboxylic acids is 3. The maximum atomic E-state index is 12.6. The third-order valence-corrected chi connectivity index (χ3v) is 4.70. The lowest BCUT2D eigenvalue weighted by Gasteiger charge is -2.26. The molecule has 0 fully saturated rings. The summed E-state index contributed by atoms with van der Waals surface area (Å²) in [5.41, 5.74) is 5.61. The average molecular weight is 479 g/mol. The Bertz CT molecular complexity index is 717. The zero-order valence-electron chi connectivity index (χ0n) is 17.7. The Kier molecular flexibility index (Phi) is 13.0. The first-order valence-electron chi connectivity index (χ1n) is 9.74. The molecule has 0 heterocycles. The Morgan fingerprint density at radius 3 is 1.72 bits per heavy atom. The van der Waals surface area contributed by atoms with Gasteiger partial charge in [-0.3, -0.25) is 24.0 Å². The first-order valence-corrected chi connectivity index (χ1v) is 10.4. The smallest absolute Gasteiger partial charge is 0.326 e. The fourth-order valence-corrected chi connectivity index (χ4v) is 2.72. The zero-order chi connectivity index (χ0) is 25.0. The van der Waals surface area contributed by atoms with Gasteiger partial charge in [-0.1, -0.05) is 13.8 Å². The summed E-state index contributed by atoms with van der Waals surface area (Å²) in [5.74, 6) is -6.83. The van der Waals surface area contributed by atoms with Gasteiger partial charge in [0.25, 0.3) is 0 Å². The molecule has 0 bridgehead atoms. The van der Waals surface area contributed by atoms with Crippen LogP contribution in [0.2, 0.25) is 0 Å². The summed E-state index contributed by atoms with van der Waals surface area (Å²) in [6, 6.07) is -5.02. The molecule has 0 aromatic rings. The van der Waals surface area contributed by atoms with Crippen LogP contribution in [0.5, 0.6) is 0 Å². The zero-order valence-corrected chi connectivity index (χ0v) is 18.6. The normalized spacial score (nSPS) is 14.5. The van der Waals surface area contributed by atoms with Crippen LogP contribution in [0.4, 0.5) is 0 Å². The SMILES string of the molecule is CC(C)C(NC(=O)C(CS)NC(=O)C(N)CCC(=O)O)C(=O)NC(CCC(=O)O)C(=O)O. The van der Waals surface area contributed by atoms with Gasteiger partial charge >= 0.3 is 17.9 Å². The number of hydrogen-bond acceptors (Lipinski definition) is 8. The Morgan fingerprint density at radius 2 is 1.28 bits per heavy atom. The highest BCUT2D eigenvalue weighted by atomic mass is 32.1. The number of carboxylic acids is 3. The van der Waals surface area contributed by atoms with Crippen LogP contribution < -0.4 is 21.7 Å². The predicted molar refractivity (Wildman–Crippen MR) is 114 cm³/mol. The number of aliphatic carboxylic acids is 3. The van der Waals surface area contributed by atoms with Crippen molar-refractivity contribution >= 4 is 48.3 Å². The van der Waals surface area contributed by atoms with E-state index in [1.165, 1.54) is 0 Å². The van der Waals surface area contributed by atoms with E-state index in [4.69, 9.17) is 15.9 Å². The molecule has 0 saturated heterocycles. The molecule has 32 heavy (non-hydrogen) atoms. The third-order valence-electron chi connectivity index (χ3n) is 4.33. The van der Waals surface area contributed by atoms with Crippen molar-refractivity contribution in [3.63, 3.8) is 0 Å². The van der Waals surface area contributed by atoms with Gasteiger partial charge in [0.05, 0.1) is 6.04 Å². The molecule has 8 N–H and O–H groups in total. The third kappa shape index (κ3) is 10.9. The topological polar surface area (TPSA) is 225 Å². The Labute approximate surface area is 189 Å². The van der Waals surface area contributed by atoms with E-state index in [2.05, 4.69) is 28.6 Å². The molecule has 4 unspecified atom stereocenters. The van der Waals surface area contributed by atoms with E-state index in [9.17, 15) is 33.9 Å². The van der Waals surface area contributed by atoms with Crippen LogP contribution >= 0.6 is 12.6 Å². The highest BCUT2D eigenvalue weighted by Crippen LogP contribution is 2.06. The summed E-state index contributed by atoms with van der Waals surface area (Å²) >= 11 is 3.99. The van der Waals surface area contributed by atoms with E-state index in [1.54, 1.807) is 13.8 Å². The second kappa shape index (κ2) is 14.2. The van der Waals surface area contributed by atoms with Crippen LogP contribution in [-0.4, -0.2) is 80.9 Å². The van der Waals surface area contributed by atoms with Crippen molar-refractivity contribution in [2.45, 2.75) is 63.7 Å². The fourth-order valence-electron chi connectivity index (χ4n) is 2.46. The largest absolute Gasteiger partial charge is 0.481 e. The molecule has 0 aromatic carbocycles. The molecule has 0 rings (SSSR count). The minimum atomic E-state index is -1.47. The number of carbonyl (C=O) groups is 6. The maximum Gasteiger partial charge on any atom is 0.326 e. The number of nitrogens with one attached hydrogen (secondary N) is 3. The Balaban J connectivity index is 5.15. The lowest BCUT2D eigenvalue weighted by Crippen LogP contribution is -2.59. The summed E-state index contributed by atoms with van der Waals surface area (Å²) in [6.07, 6.45) is -1.31. The average Bonchev–Trinajstić information content (AvgIpc) is 2.69. The van der Waals surface area contributed by atoms with E-state index >= 15 is 0 Å². The standard InChI is InChI=1S/C18H30N4O9S/c1-8(2)14(17(29)20-10(18(30)31)4-6-13(25)26)22-16(28)11(7-32)21-15(27)9(19)3-5-12(23)24/h8-11,14,32H,3-7,19H2,1-2H3,(H,20,29)(H,21,27)(H,22,28)(H,23,24)(H,25,26)(H,30,31). The summed E-state index contributed by atoms with van der Waals surface area (Å²) in [4.78, 5) is 69.8. The second-order valence-corrected chi connectivity index (χ2v) is 7.71. The lowest BCUT2D eigenvalue weighted by atomic mass is 10.0. The van der Waals surface area contributed by atoms with Gasteiger partial charge in [0.1, 0.15) is 18.1 Å². The van der Waals surface area contributed by atoms with Gasteiger partial charge in [-0.15, -0.1) is 0 Å². The van der Waals surface area contributed by atoms with Gasteiger partial charge in [-0.25, -0.2) is 4.79 Å². The van der Waals surface area contributed by atoms with Gasteiger partial charge in [-0.2, -0.15) is 12.6 Å². The van der Waals surface area contributed by atoms with Gasteiger partial charge < -0.3 is 37.0 Å². The van der Waals surface area contributed by atoms with Crippen LogP contribution in [0, 0.1) is 5.92 Å². The van der Waals surface area contributed by atoms with E-state index in [0.717, 1.165) is 0 Å². The van der Waals surface area contributed by atoms with E-state index < -0.39 is 72.1 Å². The van der Waals surface area contributed by atoms with Crippen LogP contribution in [0.25, 0.3) is 0 Å². The van der Waals surface area contributed by atoms with Crippen molar-refractivity contribution in [3.05, 3.63) is 0 Å². The number of amides is 3. The predicted octanol–water partition coefficient (Wildman–Crippen LogP) is -1.83. The van der Waals surface area contributed by atoms with Crippen molar-refractivity contribution in [1.29, 1.82) is 0 Å². The second-order valence-electron chi connectivity index (χ2n) is 7.34. The molecule has 14 heteroatoms. The lowest BCUT2D eigenvalue weighted by molar-refractivity contribution is -0.144. The van der Waals surface area contributed by atoms with Gasteiger partial charge in [0.2, 0.25) is 17.7 Å². The molecule has 0 aromatic heterocycles. The van der Waals surface area contributed by atoms with Gasteiger partial charge in [0, 0.05) is 18.6 Å².